The first-order valence-corrected chi connectivity index (χ1v) is 11.9. The summed E-state index contributed by atoms with van der Waals surface area (Å²) in [5.41, 5.74) is -0.371. The molecule has 0 radical (unpaired) electrons. The fraction of sp³-hybridized carbons (Fsp3) is 0.808. The Labute approximate surface area is 181 Å². The van der Waals surface area contributed by atoms with Gasteiger partial charge in [-0.15, -0.1) is 0 Å². The number of fused-ring (bicyclic) bond motifs is 5. The highest BCUT2D eigenvalue weighted by Gasteiger charge is 2.60. The minimum atomic E-state index is -0.583. The molecule has 0 aromatic heterocycles. The molecule has 166 valence electrons. The predicted octanol–water partition coefficient (Wildman–Crippen LogP) is 5.15. The van der Waals surface area contributed by atoms with Gasteiger partial charge in [-0.2, -0.15) is 0 Å². The van der Waals surface area contributed by atoms with E-state index in [0.717, 1.165) is 38.5 Å². The molecule has 30 heavy (non-hydrogen) atoms. The Morgan fingerprint density at radius 1 is 1.03 bits per heavy atom. The number of rotatable bonds is 3. The third-order valence-corrected chi connectivity index (χ3v) is 9.33. The molecule has 0 spiro atoms. The normalized spacial score (nSPS) is 42.8. The van der Waals surface area contributed by atoms with Gasteiger partial charge in [-0.05, 0) is 87.4 Å². The molecular formula is C26H38O4. The van der Waals surface area contributed by atoms with Gasteiger partial charge in [0, 0.05) is 18.8 Å². The second kappa shape index (κ2) is 7.31. The van der Waals surface area contributed by atoms with Crippen LogP contribution < -0.4 is 0 Å². The van der Waals surface area contributed by atoms with Crippen LogP contribution in [0.1, 0.15) is 79.6 Å². The molecule has 0 saturated heterocycles. The molecule has 0 amide bonds. The van der Waals surface area contributed by atoms with Crippen molar-refractivity contribution in [2.45, 2.75) is 79.6 Å². The Bertz CT molecular complexity index is 774. The average molecular weight is 415 g/mol. The molecule has 0 aromatic carbocycles. The summed E-state index contributed by atoms with van der Waals surface area (Å²) in [6.45, 7) is 10.1. The fourth-order valence-corrected chi connectivity index (χ4v) is 7.40. The van der Waals surface area contributed by atoms with Crippen LogP contribution in [0.5, 0.6) is 0 Å². The maximum absolute atomic E-state index is 13.1. The van der Waals surface area contributed by atoms with Gasteiger partial charge < -0.3 is 4.74 Å². The van der Waals surface area contributed by atoms with E-state index in [0.29, 0.717) is 35.9 Å². The quantitative estimate of drug-likeness (QED) is 0.473. The Kier molecular flexibility index (Phi) is 5.30. The molecule has 4 aliphatic rings. The van der Waals surface area contributed by atoms with Crippen molar-refractivity contribution in [1.29, 1.82) is 0 Å². The molecule has 4 aliphatic carbocycles. The predicted molar refractivity (Wildman–Crippen MR) is 116 cm³/mol. The first-order chi connectivity index (χ1) is 14.0. The molecule has 0 unspecified atom stereocenters. The molecule has 0 N–H and O–H groups in total. The number of Topliss-reactive ketones (excluding diaryl/α,β-unsaturated/α-hetero) is 2. The summed E-state index contributed by atoms with van der Waals surface area (Å²) in [5.74, 6) is 2.22. The van der Waals surface area contributed by atoms with Gasteiger partial charge in [0.05, 0.1) is 5.41 Å². The standard InChI is InChI=1S/C26H38O4/c1-24(2,3)23(29)30-15-22(28)21-9-8-19-18-7-6-16-14-17(27)10-12-25(16,4)20(18)11-13-26(19,21)5/h6-7,16,18-21H,8-15H2,1-5H3/t16-,18-,19-,20+,21+,25-,26-/m0/s1. The summed E-state index contributed by atoms with van der Waals surface area (Å²) < 4.78 is 5.37. The number of ketones is 2. The van der Waals surface area contributed by atoms with Gasteiger partial charge in [0.1, 0.15) is 12.4 Å². The minimum absolute atomic E-state index is 0.00951. The van der Waals surface area contributed by atoms with Crippen molar-refractivity contribution in [2.24, 2.45) is 45.8 Å². The molecule has 7 atom stereocenters. The van der Waals surface area contributed by atoms with Crippen LogP contribution in [-0.4, -0.2) is 24.1 Å². The van der Waals surface area contributed by atoms with Crippen molar-refractivity contribution in [1.82, 2.24) is 0 Å². The summed E-state index contributed by atoms with van der Waals surface area (Å²) in [6.07, 6.45) is 11.4. The maximum atomic E-state index is 13.1. The van der Waals surface area contributed by atoms with Crippen LogP contribution >= 0.6 is 0 Å². The first kappa shape index (κ1) is 21.8. The zero-order valence-electron chi connectivity index (χ0n) is 19.3. The van der Waals surface area contributed by atoms with Crippen LogP contribution in [0.15, 0.2) is 12.2 Å². The number of carbonyl (C=O) groups is 3. The van der Waals surface area contributed by atoms with Gasteiger partial charge in [-0.3, -0.25) is 14.4 Å². The molecule has 3 saturated carbocycles. The van der Waals surface area contributed by atoms with Crippen molar-refractivity contribution in [2.75, 3.05) is 6.61 Å². The Morgan fingerprint density at radius 3 is 2.43 bits per heavy atom. The van der Waals surface area contributed by atoms with E-state index in [4.69, 9.17) is 4.74 Å². The second-order valence-corrected chi connectivity index (χ2v) is 12.0. The van der Waals surface area contributed by atoms with E-state index >= 15 is 0 Å². The summed E-state index contributed by atoms with van der Waals surface area (Å²) >= 11 is 0. The van der Waals surface area contributed by atoms with Gasteiger partial charge in [0.2, 0.25) is 0 Å². The molecule has 0 aliphatic heterocycles. The van der Waals surface area contributed by atoms with Crippen molar-refractivity contribution in [3.05, 3.63) is 12.2 Å². The molecule has 0 heterocycles. The van der Waals surface area contributed by atoms with Crippen LogP contribution in [0, 0.1) is 45.8 Å². The number of hydrogen-bond donors (Lipinski definition) is 0. The van der Waals surface area contributed by atoms with Gasteiger partial charge in [0.25, 0.3) is 0 Å². The number of hydrogen-bond acceptors (Lipinski definition) is 4. The third-order valence-electron chi connectivity index (χ3n) is 9.33. The minimum Gasteiger partial charge on any atom is -0.457 e. The lowest BCUT2D eigenvalue weighted by atomic mass is 9.46. The lowest BCUT2D eigenvalue weighted by molar-refractivity contribution is -0.158. The summed E-state index contributed by atoms with van der Waals surface area (Å²) in [7, 11) is 0. The van der Waals surface area contributed by atoms with E-state index in [1.807, 2.05) is 20.8 Å². The topological polar surface area (TPSA) is 60.4 Å². The lowest BCUT2D eigenvalue weighted by Crippen LogP contribution is -2.52. The SMILES string of the molecule is CC(C)(C)C(=O)OCC(=O)[C@H]1CC[C@H]2[C@@H]3C=C[C@H]4CC(=O)CC[C@]4(C)[C@@H]3CC[C@]12C. The van der Waals surface area contributed by atoms with E-state index in [2.05, 4.69) is 26.0 Å². The maximum Gasteiger partial charge on any atom is 0.311 e. The summed E-state index contributed by atoms with van der Waals surface area (Å²) in [5, 5.41) is 0. The Hall–Kier alpha value is -1.45. The molecule has 0 bridgehead atoms. The zero-order chi connectivity index (χ0) is 21.9. The van der Waals surface area contributed by atoms with Crippen molar-refractivity contribution in [3.8, 4) is 0 Å². The van der Waals surface area contributed by atoms with Crippen molar-refractivity contribution >= 4 is 17.5 Å². The van der Waals surface area contributed by atoms with Crippen LogP contribution in [0.2, 0.25) is 0 Å². The van der Waals surface area contributed by atoms with E-state index in [1.165, 1.54) is 0 Å². The lowest BCUT2D eigenvalue weighted by Gasteiger charge is -2.57. The average Bonchev–Trinajstić information content (AvgIpc) is 3.03. The molecule has 0 aromatic rings. The fourth-order valence-electron chi connectivity index (χ4n) is 7.40. The second-order valence-electron chi connectivity index (χ2n) is 12.0. The highest BCUT2D eigenvalue weighted by molar-refractivity contribution is 5.86. The number of allylic oxidation sites excluding steroid dienone is 2. The number of ether oxygens (including phenoxy) is 1. The van der Waals surface area contributed by atoms with E-state index < -0.39 is 5.41 Å². The Balaban J connectivity index is 1.50. The zero-order valence-corrected chi connectivity index (χ0v) is 19.3. The molecule has 4 nitrogen and oxygen atoms in total. The number of esters is 1. The van der Waals surface area contributed by atoms with Crippen molar-refractivity contribution < 1.29 is 19.1 Å². The van der Waals surface area contributed by atoms with E-state index in [-0.39, 0.29) is 35.1 Å². The van der Waals surface area contributed by atoms with Crippen LogP contribution in [0.3, 0.4) is 0 Å². The molecular weight excluding hydrogens is 376 g/mol. The van der Waals surface area contributed by atoms with E-state index in [1.54, 1.807) is 0 Å². The molecule has 3 fully saturated rings. The number of carbonyl (C=O) groups excluding carboxylic acids is 3. The molecule has 4 rings (SSSR count). The monoisotopic (exact) mass is 414 g/mol. The third kappa shape index (κ3) is 3.39. The first-order valence-electron chi connectivity index (χ1n) is 11.9. The van der Waals surface area contributed by atoms with Gasteiger partial charge in [-0.25, -0.2) is 0 Å². The smallest absolute Gasteiger partial charge is 0.311 e. The van der Waals surface area contributed by atoms with Crippen molar-refractivity contribution in [3.63, 3.8) is 0 Å². The molecule has 4 heteroatoms. The van der Waals surface area contributed by atoms with Crippen LogP contribution in [0.4, 0.5) is 0 Å². The van der Waals surface area contributed by atoms with E-state index in [9.17, 15) is 14.4 Å². The van der Waals surface area contributed by atoms with Gasteiger partial charge >= 0.3 is 5.97 Å². The van der Waals surface area contributed by atoms with Crippen LogP contribution in [-0.2, 0) is 19.1 Å². The van der Waals surface area contributed by atoms with Gasteiger partial charge in [0.15, 0.2) is 5.78 Å². The Morgan fingerprint density at radius 2 is 1.73 bits per heavy atom. The largest absolute Gasteiger partial charge is 0.457 e. The van der Waals surface area contributed by atoms with Crippen LogP contribution in [0.25, 0.3) is 0 Å². The highest BCUT2D eigenvalue weighted by atomic mass is 16.5. The van der Waals surface area contributed by atoms with Gasteiger partial charge in [-0.1, -0.05) is 26.0 Å². The summed E-state index contributed by atoms with van der Waals surface area (Å²) in [6, 6.07) is 0. The summed E-state index contributed by atoms with van der Waals surface area (Å²) in [4.78, 5) is 37.2. The highest BCUT2D eigenvalue weighted by Crippen LogP contribution is 2.65.